The maximum absolute atomic E-state index is 9.67. The number of anilines is 1. The Bertz CT molecular complexity index is 624. The van der Waals surface area contributed by atoms with Gasteiger partial charge in [0, 0.05) is 39.6 Å². The molecule has 2 aromatic heterocycles. The van der Waals surface area contributed by atoms with Gasteiger partial charge < -0.3 is 46.1 Å². The van der Waals surface area contributed by atoms with E-state index in [0.29, 0.717) is 11.2 Å². The van der Waals surface area contributed by atoms with E-state index in [1.165, 1.54) is 6.33 Å². The van der Waals surface area contributed by atoms with E-state index < -0.39 is 18.4 Å². The number of nitrogen functional groups attached to an aromatic ring is 1. The van der Waals surface area contributed by atoms with Crippen LogP contribution in [0.4, 0.5) is 11.8 Å². The Morgan fingerprint density at radius 3 is 2.64 bits per heavy atom. The standard InChI is InChI=1S/C10H13N6O3.CH4O.Ir/c11-8-7-9(15-10(12)14-8)16(3-13-7)6-1-4(17)5(18)2-19-6;1-2;/h3-6,17-18H,1-2H2,(H3-,11,12,14,15);2H,1H3;/q-1;;. The van der Waals surface area contributed by atoms with Crippen LogP contribution in [0.5, 0.6) is 0 Å². The second-order valence-corrected chi connectivity index (χ2v) is 4.41. The van der Waals surface area contributed by atoms with E-state index >= 15 is 0 Å². The Morgan fingerprint density at radius 1 is 1.32 bits per heavy atom. The van der Waals surface area contributed by atoms with Crippen molar-refractivity contribution in [2.24, 2.45) is 0 Å². The number of hydrogen-bond donors (Lipinski definition) is 4. The third-order valence-electron chi connectivity index (χ3n) is 3.11. The van der Waals surface area contributed by atoms with Gasteiger partial charge in [-0.15, -0.1) is 0 Å². The summed E-state index contributed by atoms with van der Waals surface area (Å²) in [5.41, 5.74) is 13.9. The van der Waals surface area contributed by atoms with Crippen molar-refractivity contribution in [3.8, 4) is 0 Å². The van der Waals surface area contributed by atoms with Crippen molar-refractivity contribution in [3.63, 3.8) is 0 Å². The van der Waals surface area contributed by atoms with Crippen LogP contribution < -0.4 is 5.73 Å². The van der Waals surface area contributed by atoms with Gasteiger partial charge in [-0.05, 0) is 0 Å². The first kappa shape index (κ1) is 18.7. The minimum absolute atomic E-state index is 0. The molecular weight excluding hydrogens is 472 g/mol. The van der Waals surface area contributed by atoms with Crippen LogP contribution in [0.1, 0.15) is 12.6 Å². The fourth-order valence-corrected chi connectivity index (χ4v) is 2.10. The Morgan fingerprint density at radius 2 is 2.00 bits per heavy atom. The molecule has 0 bridgehead atoms. The number of nitrogens with two attached hydrogens (primary N) is 1. The molecule has 2 aromatic rings. The molecule has 11 heteroatoms. The van der Waals surface area contributed by atoms with Gasteiger partial charge in [-0.2, -0.15) is 0 Å². The fraction of sp³-hybridized carbons (Fsp3) is 0.545. The molecule has 0 aromatic carbocycles. The van der Waals surface area contributed by atoms with E-state index in [-0.39, 0.29) is 44.9 Å². The molecule has 22 heavy (non-hydrogen) atoms. The molecule has 1 radical (unpaired) electrons. The molecule has 125 valence electrons. The first-order valence-corrected chi connectivity index (χ1v) is 6.20. The van der Waals surface area contributed by atoms with Gasteiger partial charge in [-0.25, -0.2) is 4.98 Å². The van der Waals surface area contributed by atoms with Crippen molar-refractivity contribution in [2.45, 2.75) is 24.9 Å². The van der Waals surface area contributed by atoms with Crippen molar-refractivity contribution < 1.29 is 40.2 Å². The van der Waals surface area contributed by atoms with Gasteiger partial charge in [0.15, 0.2) is 0 Å². The summed E-state index contributed by atoms with van der Waals surface area (Å²) in [6, 6.07) is 0. The van der Waals surface area contributed by atoms with Crippen molar-refractivity contribution in [3.05, 3.63) is 12.1 Å². The van der Waals surface area contributed by atoms with Crippen molar-refractivity contribution in [1.82, 2.24) is 19.5 Å². The average Bonchev–Trinajstić information content (AvgIpc) is 2.88. The van der Waals surface area contributed by atoms with Gasteiger partial charge in [0.25, 0.3) is 0 Å². The topological polar surface area (TPSA) is 163 Å². The summed E-state index contributed by atoms with van der Waals surface area (Å²) >= 11 is 0. The summed E-state index contributed by atoms with van der Waals surface area (Å²) < 4.78 is 7.03. The number of aromatic nitrogens is 4. The van der Waals surface area contributed by atoms with Gasteiger partial charge >= 0.3 is 0 Å². The number of nitrogens with one attached hydrogen (secondary N) is 1. The maximum Gasteiger partial charge on any atom is 0.138 e. The number of ether oxygens (including phenoxy) is 1. The van der Waals surface area contributed by atoms with E-state index in [1.54, 1.807) is 4.57 Å². The van der Waals surface area contributed by atoms with Crippen LogP contribution in [0.2, 0.25) is 0 Å². The quantitative estimate of drug-likeness (QED) is 0.410. The molecule has 1 saturated heterocycles. The van der Waals surface area contributed by atoms with E-state index in [9.17, 15) is 10.2 Å². The molecule has 6 N–H and O–H groups in total. The van der Waals surface area contributed by atoms with Gasteiger partial charge in [0.1, 0.15) is 17.8 Å². The zero-order valence-electron chi connectivity index (χ0n) is 11.7. The summed E-state index contributed by atoms with van der Waals surface area (Å²) in [5, 5.41) is 26.1. The third-order valence-corrected chi connectivity index (χ3v) is 3.11. The minimum atomic E-state index is -0.891. The Balaban J connectivity index is 0.000000775. The van der Waals surface area contributed by atoms with Crippen LogP contribution in [-0.4, -0.2) is 60.8 Å². The summed E-state index contributed by atoms with van der Waals surface area (Å²) in [4.78, 5) is 11.8. The number of aliphatic hydroxyl groups is 3. The molecule has 0 saturated carbocycles. The average molecular weight is 490 g/mol. The molecular formula is C11H17IrN6O4-. The molecule has 0 aliphatic carbocycles. The van der Waals surface area contributed by atoms with Gasteiger partial charge in [0.05, 0.1) is 30.5 Å². The number of fused-ring (bicyclic) bond motifs is 1. The number of aliphatic hydroxyl groups excluding tert-OH is 3. The smallest absolute Gasteiger partial charge is 0.138 e. The second kappa shape index (κ2) is 7.77. The van der Waals surface area contributed by atoms with Crippen LogP contribution in [-0.2, 0) is 24.8 Å². The molecule has 0 amide bonds. The van der Waals surface area contributed by atoms with E-state index in [1.807, 2.05) is 0 Å². The van der Waals surface area contributed by atoms with Gasteiger partial charge in [0.2, 0.25) is 0 Å². The zero-order valence-corrected chi connectivity index (χ0v) is 14.1. The number of hydrogen-bond acceptors (Lipinski definition) is 8. The van der Waals surface area contributed by atoms with Crippen molar-refractivity contribution >= 4 is 22.9 Å². The number of nitrogens with zero attached hydrogens (tertiary/aromatic N) is 4. The SMILES string of the molecule is CO.[Ir].[NH-]c1nc(N)c2ncn(C3CC(O)C(O)CO3)c2n1. The molecule has 10 nitrogen and oxygen atoms in total. The third kappa shape index (κ3) is 3.51. The van der Waals surface area contributed by atoms with E-state index in [4.69, 9.17) is 21.3 Å². The summed E-state index contributed by atoms with van der Waals surface area (Å²) in [6.07, 6.45) is -0.575. The Hall–Kier alpha value is -1.36. The molecule has 0 spiro atoms. The molecule has 1 aliphatic heterocycles. The normalized spacial score (nSPS) is 24.3. The van der Waals surface area contributed by atoms with E-state index in [2.05, 4.69) is 15.0 Å². The second-order valence-electron chi connectivity index (χ2n) is 4.41. The zero-order chi connectivity index (χ0) is 15.6. The summed E-state index contributed by atoms with van der Waals surface area (Å²) in [6.45, 7) is 0.0276. The minimum Gasteiger partial charge on any atom is -0.410 e. The summed E-state index contributed by atoms with van der Waals surface area (Å²) in [7, 11) is 1.00. The fourth-order valence-electron chi connectivity index (χ4n) is 2.10. The predicted molar refractivity (Wildman–Crippen MR) is 73.5 cm³/mol. The maximum atomic E-state index is 9.67. The van der Waals surface area contributed by atoms with E-state index in [0.717, 1.165) is 7.11 Å². The summed E-state index contributed by atoms with van der Waals surface area (Å²) in [5.74, 6) is -0.0757. The molecule has 3 heterocycles. The van der Waals surface area contributed by atoms with Crippen LogP contribution >= 0.6 is 0 Å². The molecule has 3 atom stereocenters. The molecule has 3 unspecified atom stereocenters. The van der Waals surface area contributed by atoms with Crippen LogP contribution in [0, 0.1) is 0 Å². The molecule has 3 rings (SSSR count). The van der Waals surface area contributed by atoms with Crippen molar-refractivity contribution in [2.75, 3.05) is 19.5 Å². The number of rotatable bonds is 1. The molecule has 1 fully saturated rings. The van der Waals surface area contributed by atoms with Crippen LogP contribution in [0.25, 0.3) is 16.9 Å². The molecule has 1 aliphatic rings. The van der Waals surface area contributed by atoms with Gasteiger partial charge in [-0.3, -0.25) is 0 Å². The predicted octanol–water partition coefficient (Wildman–Crippen LogP) is -0.661. The largest absolute Gasteiger partial charge is 0.410 e. The Kier molecular flexibility index (Phi) is 6.60. The monoisotopic (exact) mass is 490 g/mol. The number of imidazole rings is 1. The Labute approximate surface area is 139 Å². The van der Waals surface area contributed by atoms with Crippen LogP contribution in [0.3, 0.4) is 0 Å². The van der Waals surface area contributed by atoms with Gasteiger partial charge in [-0.1, -0.05) is 0 Å². The first-order chi connectivity index (χ1) is 10.1. The van der Waals surface area contributed by atoms with Crippen molar-refractivity contribution in [1.29, 1.82) is 0 Å². The van der Waals surface area contributed by atoms with Crippen LogP contribution in [0.15, 0.2) is 6.33 Å². The first-order valence-electron chi connectivity index (χ1n) is 6.20.